The molecule has 2 aromatic heterocycles. The van der Waals surface area contributed by atoms with E-state index in [2.05, 4.69) is 27.6 Å². The molecule has 4 fully saturated rings. The number of rotatable bonds is 8. The van der Waals surface area contributed by atoms with Crippen LogP contribution in [0.1, 0.15) is 101 Å². The van der Waals surface area contributed by atoms with Gasteiger partial charge in [-0.05, 0) is 86.6 Å². The van der Waals surface area contributed by atoms with Gasteiger partial charge < -0.3 is 5.32 Å². The summed E-state index contributed by atoms with van der Waals surface area (Å²) in [6.45, 7) is 0.754. The van der Waals surface area contributed by atoms with Crippen LogP contribution in [0.2, 0.25) is 0 Å². The summed E-state index contributed by atoms with van der Waals surface area (Å²) in [4.78, 5) is 55.7. The molecule has 0 spiro atoms. The predicted molar refractivity (Wildman–Crippen MR) is 153 cm³/mol. The summed E-state index contributed by atoms with van der Waals surface area (Å²) in [6, 6.07) is 8.82. The molecular weight excluding hydrogens is 532 g/mol. The largest absolute Gasteiger partial charge is 0.385 e. The fourth-order valence-electron chi connectivity index (χ4n) is 6.73. The normalized spacial score (nSPS) is 25.3. The number of hydrogen-bond donors (Lipinski definition) is 2. The van der Waals surface area contributed by atoms with Gasteiger partial charge in [-0.2, -0.15) is 5.10 Å². The lowest BCUT2D eigenvalue weighted by Gasteiger charge is -2.35. The quantitative estimate of drug-likeness (QED) is 0.394. The second-order valence-corrected chi connectivity index (χ2v) is 12.5. The molecule has 1 unspecified atom stereocenters. The van der Waals surface area contributed by atoms with E-state index >= 15 is 0 Å². The average Bonchev–Trinajstić information content (AvgIpc) is 3.91. The van der Waals surface area contributed by atoms with Crippen molar-refractivity contribution in [1.82, 2.24) is 25.0 Å². The van der Waals surface area contributed by atoms with Crippen molar-refractivity contribution < 1.29 is 19.2 Å². The Hall–Kier alpha value is -4.34. The molecule has 8 rings (SSSR count). The Kier molecular flexibility index (Phi) is 5.80. The Morgan fingerprint density at radius 1 is 0.905 bits per heavy atom. The first-order chi connectivity index (χ1) is 20.4. The fraction of sp³-hybridized carbons (Fsp3) is 0.438. The molecule has 42 heavy (non-hydrogen) atoms. The Labute approximate surface area is 242 Å². The minimum absolute atomic E-state index is 0.103. The molecule has 4 heterocycles. The topological polar surface area (TPSA) is 126 Å². The van der Waals surface area contributed by atoms with E-state index in [0.717, 1.165) is 35.7 Å². The van der Waals surface area contributed by atoms with Crippen LogP contribution in [0.5, 0.6) is 0 Å². The number of aromatic nitrogens is 3. The first-order valence-electron chi connectivity index (χ1n) is 15.1. The van der Waals surface area contributed by atoms with Gasteiger partial charge in [0, 0.05) is 42.5 Å². The van der Waals surface area contributed by atoms with Crippen molar-refractivity contribution in [3.05, 3.63) is 65.1 Å². The number of benzene rings is 1. The van der Waals surface area contributed by atoms with Gasteiger partial charge in [0.05, 0.1) is 28.6 Å². The molecule has 1 aromatic carbocycles. The lowest BCUT2D eigenvalue weighted by molar-refractivity contribution is -0.136. The van der Waals surface area contributed by atoms with Crippen molar-refractivity contribution in [2.75, 3.05) is 11.9 Å². The van der Waals surface area contributed by atoms with Crippen LogP contribution in [0.4, 0.5) is 5.69 Å². The fourth-order valence-corrected chi connectivity index (χ4v) is 6.73. The third-order valence-corrected chi connectivity index (χ3v) is 9.46. The second kappa shape index (κ2) is 9.61. The van der Waals surface area contributed by atoms with Crippen molar-refractivity contribution in [2.45, 2.75) is 75.3 Å². The maximum Gasteiger partial charge on any atom is 0.262 e. The number of pyridine rings is 1. The number of carbonyl (C=O) groups excluding carboxylic acids is 4. The van der Waals surface area contributed by atoms with E-state index in [1.807, 2.05) is 12.3 Å². The standard InChI is InChI=1S/C32H32N6O4/c39-27-10-9-26(30(40)35-27)38-31(41)23-8-7-20(14-24(23)32(38)42)34-15-17-12-21(13-17)37-16-25(28(36-37)19-5-6-19)29-22(18-3-4-18)2-1-11-33-29/h1-2,7-8,11,14,16-19,21,26,34H,3-6,9-10,12-13,15H2,(H,35,39,40). The lowest BCUT2D eigenvalue weighted by Crippen LogP contribution is -2.54. The number of piperidine rings is 1. The van der Waals surface area contributed by atoms with Gasteiger partial charge in [-0.1, -0.05) is 6.07 Å². The minimum atomic E-state index is -0.959. The molecular formula is C32H32N6O4. The van der Waals surface area contributed by atoms with Crippen molar-refractivity contribution in [3.63, 3.8) is 0 Å². The average molecular weight is 565 g/mol. The maximum absolute atomic E-state index is 13.1. The number of fused-ring (bicyclic) bond motifs is 1. The molecule has 214 valence electrons. The first kappa shape index (κ1) is 25.4. The molecule has 10 nitrogen and oxygen atoms in total. The van der Waals surface area contributed by atoms with Gasteiger partial charge in [-0.25, -0.2) is 0 Å². The van der Waals surface area contributed by atoms with E-state index in [4.69, 9.17) is 10.1 Å². The molecule has 10 heteroatoms. The van der Waals surface area contributed by atoms with Crippen molar-refractivity contribution in [2.24, 2.45) is 5.92 Å². The number of nitrogens with one attached hydrogen (secondary N) is 2. The molecule has 4 amide bonds. The molecule has 0 radical (unpaired) electrons. The van der Waals surface area contributed by atoms with Crippen molar-refractivity contribution >= 4 is 29.3 Å². The van der Waals surface area contributed by atoms with E-state index < -0.39 is 23.8 Å². The highest BCUT2D eigenvalue weighted by molar-refractivity contribution is 6.23. The molecule has 0 bridgehead atoms. The zero-order valence-electron chi connectivity index (χ0n) is 23.2. The molecule has 3 aromatic rings. The van der Waals surface area contributed by atoms with E-state index in [0.29, 0.717) is 23.8 Å². The van der Waals surface area contributed by atoms with E-state index in [1.165, 1.54) is 42.5 Å². The van der Waals surface area contributed by atoms with Gasteiger partial charge >= 0.3 is 0 Å². The number of hydrogen-bond acceptors (Lipinski definition) is 7. The van der Waals surface area contributed by atoms with Gasteiger partial charge in [0.2, 0.25) is 11.8 Å². The minimum Gasteiger partial charge on any atom is -0.385 e. The molecule has 3 saturated carbocycles. The molecule has 5 aliphatic rings. The molecule has 2 N–H and O–H groups in total. The van der Waals surface area contributed by atoms with Crippen LogP contribution in [0.25, 0.3) is 11.3 Å². The summed E-state index contributed by atoms with van der Waals surface area (Å²) < 4.78 is 2.17. The third kappa shape index (κ3) is 4.31. The van der Waals surface area contributed by atoms with Gasteiger partial charge in [0.1, 0.15) is 6.04 Å². The number of anilines is 1. The third-order valence-electron chi connectivity index (χ3n) is 9.46. The monoisotopic (exact) mass is 564 g/mol. The first-order valence-corrected chi connectivity index (χ1v) is 15.1. The van der Waals surface area contributed by atoms with E-state index in [-0.39, 0.29) is 29.9 Å². The highest BCUT2D eigenvalue weighted by Crippen LogP contribution is 2.49. The molecule has 1 saturated heterocycles. The van der Waals surface area contributed by atoms with Crippen LogP contribution < -0.4 is 10.6 Å². The number of carbonyl (C=O) groups is 4. The molecule has 1 atom stereocenters. The van der Waals surface area contributed by atoms with Crippen LogP contribution >= 0.6 is 0 Å². The summed E-state index contributed by atoms with van der Waals surface area (Å²) in [5.74, 6) is -0.313. The Balaban J connectivity index is 0.922. The zero-order chi connectivity index (χ0) is 28.5. The predicted octanol–water partition coefficient (Wildman–Crippen LogP) is 4.16. The molecule has 3 aliphatic carbocycles. The number of imide groups is 2. The summed E-state index contributed by atoms with van der Waals surface area (Å²) in [5.41, 5.74) is 6.25. The second-order valence-electron chi connectivity index (χ2n) is 12.5. The Morgan fingerprint density at radius 3 is 2.45 bits per heavy atom. The maximum atomic E-state index is 13.1. The van der Waals surface area contributed by atoms with Gasteiger partial charge in [-0.3, -0.25) is 39.1 Å². The lowest BCUT2D eigenvalue weighted by atomic mass is 9.80. The number of nitrogens with zero attached hydrogens (tertiary/aromatic N) is 4. The van der Waals surface area contributed by atoms with Crippen LogP contribution in [0.3, 0.4) is 0 Å². The summed E-state index contributed by atoms with van der Waals surface area (Å²) in [6.07, 6.45) is 11.3. The van der Waals surface area contributed by atoms with Crippen molar-refractivity contribution in [1.29, 1.82) is 0 Å². The van der Waals surface area contributed by atoms with Crippen LogP contribution in [0, 0.1) is 5.92 Å². The van der Waals surface area contributed by atoms with Crippen LogP contribution in [-0.2, 0) is 9.59 Å². The highest BCUT2D eigenvalue weighted by atomic mass is 16.2. The number of amides is 4. The van der Waals surface area contributed by atoms with Gasteiger partial charge in [0.25, 0.3) is 11.8 Å². The van der Waals surface area contributed by atoms with Gasteiger partial charge in [-0.15, -0.1) is 0 Å². The highest BCUT2D eigenvalue weighted by Gasteiger charge is 2.45. The smallest absolute Gasteiger partial charge is 0.262 e. The summed E-state index contributed by atoms with van der Waals surface area (Å²) >= 11 is 0. The zero-order valence-corrected chi connectivity index (χ0v) is 23.2. The van der Waals surface area contributed by atoms with Gasteiger partial charge in [0.15, 0.2) is 0 Å². The molecule has 2 aliphatic heterocycles. The van der Waals surface area contributed by atoms with E-state index in [9.17, 15) is 19.2 Å². The Bertz CT molecular complexity index is 1650. The SMILES string of the molecule is O=C1CCC(N2C(=O)c3ccc(NCC4CC(n5cc(-c6ncccc6C6CC6)c(C6CC6)n5)C4)cc3C2=O)C(=O)N1. The van der Waals surface area contributed by atoms with Crippen LogP contribution in [0.15, 0.2) is 42.7 Å². The van der Waals surface area contributed by atoms with Crippen LogP contribution in [-0.4, -0.2) is 55.9 Å². The summed E-state index contributed by atoms with van der Waals surface area (Å²) in [7, 11) is 0. The Morgan fingerprint density at radius 2 is 1.69 bits per heavy atom. The van der Waals surface area contributed by atoms with E-state index in [1.54, 1.807) is 18.2 Å². The van der Waals surface area contributed by atoms with Crippen molar-refractivity contribution in [3.8, 4) is 11.3 Å². The summed E-state index contributed by atoms with van der Waals surface area (Å²) in [5, 5.41) is 10.8.